The van der Waals surface area contributed by atoms with Crippen molar-refractivity contribution in [3.63, 3.8) is 0 Å². The van der Waals surface area contributed by atoms with Crippen molar-refractivity contribution in [3.05, 3.63) is 60.8 Å². The molecule has 0 saturated heterocycles. The van der Waals surface area contributed by atoms with E-state index in [1.54, 1.807) is 6.08 Å². The monoisotopic (exact) mass is 588 g/mol. The van der Waals surface area contributed by atoms with Gasteiger partial charge in [-0.3, -0.25) is 9.59 Å². The third-order valence-corrected chi connectivity index (χ3v) is 6.67. The van der Waals surface area contributed by atoms with Crippen LogP contribution in [0.1, 0.15) is 129 Å². The van der Waals surface area contributed by atoms with Gasteiger partial charge in [0.2, 0.25) is 0 Å². The van der Waals surface area contributed by atoms with E-state index in [0.29, 0.717) is 19.3 Å². The minimum atomic E-state index is -0.994. The van der Waals surface area contributed by atoms with Crippen molar-refractivity contribution >= 4 is 11.9 Å². The number of aliphatic hydroxyl groups excluding tert-OH is 2. The summed E-state index contributed by atoms with van der Waals surface area (Å²) in [5, 5.41) is 19.3. The van der Waals surface area contributed by atoms with Crippen LogP contribution in [0.2, 0.25) is 0 Å². The molecule has 0 spiro atoms. The number of carbonyl (C=O) groups excluding carboxylic acids is 2. The molecule has 0 unspecified atom stereocenters. The summed E-state index contributed by atoms with van der Waals surface area (Å²) in [7, 11) is 0. The molecule has 6 heteroatoms. The summed E-state index contributed by atoms with van der Waals surface area (Å²) < 4.78 is 10.2. The van der Waals surface area contributed by atoms with E-state index in [1.807, 2.05) is 19.1 Å². The van der Waals surface area contributed by atoms with Gasteiger partial charge in [-0.05, 0) is 44.9 Å². The fourth-order valence-corrected chi connectivity index (χ4v) is 4.01. The lowest BCUT2D eigenvalue weighted by molar-refractivity contribution is -0.152. The highest BCUT2D eigenvalue weighted by Gasteiger charge is 2.11. The molecular formula is C36H60O6. The molecule has 0 aromatic carbocycles. The number of hydrogen-bond donors (Lipinski definition) is 2. The summed E-state index contributed by atoms with van der Waals surface area (Å²) in [5.74, 6) is -0.658. The molecule has 0 aromatic heterocycles. The largest absolute Gasteiger partial charge is 0.463 e. The summed E-state index contributed by atoms with van der Waals surface area (Å²) in [4.78, 5) is 23.7. The summed E-state index contributed by atoms with van der Waals surface area (Å²) in [6.07, 6.45) is 36.5. The van der Waals surface area contributed by atoms with Gasteiger partial charge >= 0.3 is 11.9 Å². The third kappa shape index (κ3) is 30.5. The standard InChI is InChI=1S/C36H60O6/c1-3-5-6-7-8-9-17-20-23-26-29-35(39)41-31-34(38)32-42-36(40)30-27-24-21-18-15-13-11-10-12-14-16-19-22-25-28-33(37)4-2/h11-14,18-19,21-22,25,28,33-34,37-38H,3-10,15-17,20,23-24,26-27,29-32H2,1-2H3/b13-11-,14-12-,21-18-,22-19-,28-25+/t33-,34-/m0/s1. The predicted octanol–water partition coefficient (Wildman–Crippen LogP) is 8.64. The predicted molar refractivity (Wildman–Crippen MR) is 174 cm³/mol. The average molecular weight is 589 g/mol. The van der Waals surface area contributed by atoms with Gasteiger partial charge in [-0.2, -0.15) is 0 Å². The summed E-state index contributed by atoms with van der Waals surface area (Å²) >= 11 is 0. The number of rotatable bonds is 28. The van der Waals surface area contributed by atoms with Crippen molar-refractivity contribution in [1.82, 2.24) is 0 Å². The van der Waals surface area contributed by atoms with Gasteiger partial charge in [0.05, 0.1) is 6.10 Å². The number of carbonyl (C=O) groups is 2. The topological polar surface area (TPSA) is 93.1 Å². The van der Waals surface area contributed by atoms with E-state index in [-0.39, 0.29) is 31.3 Å². The molecule has 2 atom stereocenters. The Bertz CT molecular complexity index is 780. The van der Waals surface area contributed by atoms with E-state index < -0.39 is 6.10 Å². The Morgan fingerprint density at radius 1 is 0.595 bits per heavy atom. The van der Waals surface area contributed by atoms with Gasteiger partial charge in [0.15, 0.2) is 0 Å². The first-order valence-corrected chi connectivity index (χ1v) is 16.4. The molecule has 0 radical (unpaired) electrons. The van der Waals surface area contributed by atoms with Crippen LogP contribution in [-0.4, -0.2) is 47.6 Å². The molecule has 0 aromatic rings. The minimum absolute atomic E-state index is 0.143. The number of hydrogen-bond acceptors (Lipinski definition) is 6. The first-order chi connectivity index (χ1) is 20.5. The van der Waals surface area contributed by atoms with Crippen LogP contribution >= 0.6 is 0 Å². The first-order valence-electron chi connectivity index (χ1n) is 16.4. The number of unbranched alkanes of at least 4 members (excludes halogenated alkanes) is 10. The second-order valence-electron chi connectivity index (χ2n) is 10.8. The van der Waals surface area contributed by atoms with Gasteiger partial charge in [-0.15, -0.1) is 0 Å². The zero-order valence-corrected chi connectivity index (χ0v) is 26.6. The Balaban J connectivity index is 3.63. The lowest BCUT2D eigenvalue weighted by Gasteiger charge is -2.12. The van der Waals surface area contributed by atoms with E-state index in [2.05, 4.69) is 49.5 Å². The Hall–Kier alpha value is -2.44. The van der Waals surface area contributed by atoms with Gasteiger partial charge in [0.25, 0.3) is 0 Å². The number of aliphatic hydroxyl groups is 2. The third-order valence-electron chi connectivity index (χ3n) is 6.67. The van der Waals surface area contributed by atoms with Gasteiger partial charge in [0.1, 0.15) is 19.3 Å². The maximum absolute atomic E-state index is 11.9. The molecule has 0 aliphatic carbocycles. The van der Waals surface area contributed by atoms with Crippen molar-refractivity contribution in [2.45, 2.75) is 142 Å². The normalized spacial score (nSPS) is 13.7. The average Bonchev–Trinajstić information content (AvgIpc) is 2.99. The van der Waals surface area contributed by atoms with Gasteiger partial charge in [0, 0.05) is 12.8 Å². The molecule has 0 bridgehead atoms. The number of esters is 2. The molecule has 240 valence electrons. The molecule has 0 aliphatic rings. The van der Waals surface area contributed by atoms with Crippen LogP contribution < -0.4 is 0 Å². The van der Waals surface area contributed by atoms with Crippen molar-refractivity contribution < 1.29 is 29.3 Å². The molecule has 0 heterocycles. The zero-order valence-electron chi connectivity index (χ0n) is 26.6. The van der Waals surface area contributed by atoms with Crippen LogP contribution in [0.5, 0.6) is 0 Å². The van der Waals surface area contributed by atoms with Crippen molar-refractivity contribution in [2.75, 3.05) is 13.2 Å². The summed E-state index contributed by atoms with van der Waals surface area (Å²) in [6, 6.07) is 0. The van der Waals surface area contributed by atoms with E-state index in [0.717, 1.165) is 51.4 Å². The molecule has 6 nitrogen and oxygen atoms in total. The summed E-state index contributed by atoms with van der Waals surface area (Å²) in [6.45, 7) is 3.88. The Kier molecular flexibility index (Phi) is 29.7. The van der Waals surface area contributed by atoms with Gasteiger partial charge in [-0.25, -0.2) is 0 Å². The molecule has 0 fully saturated rings. The Morgan fingerprint density at radius 2 is 1.07 bits per heavy atom. The quantitative estimate of drug-likeness (QED) is 0.0411. The molecule has 2 N–H and O–H groups in total. The van der Waals surface area contributed by atoms with Crippen molar-refractivity contribution in [2.24, 2.45) is 0 Å². The van der Waals surface area contributed by atoms with Crippen LogP contribution in [0.15, 0.2) is 60.8 Å². The van der Waals surface area contributed by atoms with Crippen molar-refractivity contribution in [3.8, 4) is 0 Å². The van der Waals surface area contributed by atoms with E-state index >= 15 is 0 Å². The molecule has 0 amide bonds. The number of ether oxygens (including phenoxy) is 2. The van der Waals surface area contributed by atoms with Crippen LogP contribution in [-0.2, 0) is 19.1 Å². The highest BCUT2D eigenvalue weighted by atomic mass is 16.6. The smallest absolute Gasteiger partial charge is 0.305 e. The molecule has 0 saturated carbocycles. The van der Waals surface area contributed by atoms with Crippen LogP contribution in [0, 0.1) is 0 Å². The highest BCUT2D eigenvalue weighted by Crippen LogP contribution is 2.11. The maximum Gasteiger partial charge on any atom is 0.305 e. The molecular weight excluding hydrogens is 528 g/mol. The lowest BCUT2D eigenvalue weighted by Crippen LogP contribution is -2.25. The maximum atomic E-state index is 11.9. The van der Waals surface area contributed by atoms with E-state index in [1.165, 1.54) is 44.9 Å². The van der Waals surface area contributed by atoms with Crippen LogP contribution in [0.25, 0.3) is 0 Å². The SMILES string of the molecule is CCCCCCCCCCCCC(=O)OC[C@H](O)COC(=O)CCC/C=C\C/C=C\C/C=C\C/C=C\C=C\[C@@H](O)CC. The van der Waals surface area contributed by atoms with E-state index in [4.69, 9.17) is 9.47 Å². The second-order valence-corrected chi connectivity index (χ2v) is 10.8. The molecule has 0 aliphatic heterocycles. The summed E-state index contributed by atoms with van der Waals surface area (Å²) in [5.41, 5.74) is 0. The number of allylic oxidation sites excluding steroid dienone is 9. The zero-order chi connectivity index (χ0) is 30.9. The molecule has 0 rings (SSSR count). The first kappa shape index (κ1) is 39.6. The Morgan fingerprint density at radius 3 is 1.62 bits per heavy atom. The fourth-order valence-electron chi connectivity index (χ4n) is 4.01. The highest BCUT2D eigenvalue weighted by molar-refractivity contribution is 5.69. The van der Waals surface area contributed by atoms with E-state index in [9.17, 15) is 19.8 Å². The van der Waals surface area contributed by atoms with Crippen LogP contribution in [0.3, 0.4) is 0 Å². The van der Waals surface area contributed by atoms with Gasteiger partial charge < -0.3 is 19.7 Å². The molecule has 42 heavy (non-hydrogen) atoms. The minimum Gasteiger partial charge on any atom is -0.463 e. The van der Waals surface area contributed by atoms with Crippen molar-refractivity contribution in [1.29, 1.82) is 0 Å². The Labute approximate surface area is 256 Å². The second kappa shape index (κ2) is 31.5. The fraction of sp³-hybridized carbons (Fsp3) is 0.667. The van der Waals surface area contributed by atoms with Crippen LogP contribution in [0.4, 0.5) is 0 Å². The lowest BCUT2D eigenvalue weighted by atomic mass is 10.1. The van der Waals surface area contributed by atoms with Gasteiger partial charge in [-0.1, -0.05) is 132 Å².